The molecule has 6 heteroatoms. The fraction of sp³-hybridized carbons (Fsp3) is 0. The molecule has 2 heterocycles. The smallest absolute Gasteiger partial charge is 0.278 e. The van der Waals surface area contributed by atoms with E-state index in [4.69, 9.17) is 0 Å². The van der Waals surface area contributed by atoms with Gasteiger partial charge in [-0.2, -0.15) is 0 Å². The van der Waals surface area contributed by atoms with Gasteiger partial charge in [-0.05, 0) is 23.6 Å². The van der Waals surface area contributed by atoms with Gasteiger partial charge >= 0.3 is 0 Å². The minimum atomic E-state index is -0.452. The molecule has 0 aliphatic heterocycles. The van der Waals surface area contributed by atoms with Crippen LogP contribution < -0.4 is 5.56 Å². The number of aromatic amines is 1. The Morgan fingerprint density at radius 3 is 2.79 bits per heavy atom. The Bertz CT molecular complexity index is 835. The van der Waals surface area contributed by atoms with Gasteiger partial charge in [0.05, 0.1) is 21.6 Å². The summed E-state index contributed by atoms with van der Waals surface area (Å²) in [5.74, 6) is 0. The van der Waals surface area contributed by atoms with Crippen molar-refractivity contribution in [2.75, 3.05) is 0 Å². The molecule has 3 aromatic rings. The summed E-state index contributed by atoms with van der Waals surface area (Å²) in [6.07, 6.45) is 0. The van der Waals surface area contributed by atoms with Gasteiger partial charge in [-0.1, -0.05) is 12.1 Å². The van der Waals surface area contributed by atoms with Crippen LogP contribution in [0.1, 0.15) is 0 Å². The van der Waals surface area contributed by atoms with E-state index in [0.717, 1.165) is 4.70 Å². The second kappa shape index (κ2) is 4.33. The molecule has 5 nitrogen and oxygen atoms in total. The van der Waals surface area contributed by atoms with Crippen molar-refractivity contribution < 1.29 is 4.92 Å². The van der Waals surface area contributed by atoms with E-state index in [2.05, 4.69) is 4.98 Å². The van der Waals surface area contributed by atoms with Gasteiger partial charge < -0.3 is 4.98 Å². The van der Waals surface area contributed by atoms with Crippen LogP contribution in [0.3, 0.4) is 0 Å². The summed E-state index contributed by atoms with van der Waals surface area (Å²) < 4.78 is 0.817. The monoisotopic (exact) mass is 272 g/mol. The normalized spacial score (nSPS) is 10.7. The molecule has 0 radical (unpaired) electrons. The lowest BCUT2D eigenvalue weighted by Crippen LogP contribution is -2.06. The number of nitro groups is 1. The maximum absolute atomic E-state index is 11.9. The molecule has 2 aromatic heterocycles. The highest BCUT2D eigenvalue weighted by Crippen LogP contribution is 2.29. The number of nitro benzene ring substituents is 1. The average Bonchev–Trinajstić information content (AvgIpc) is 2.87. The van der Waals surface area contributed by atoms with Crippen LogP contribution in [0.5, 0.6) is 0 Å². The van der Waals surface area contributed by atoms with Crippen LogP contribution in [0.4, 0.5) is 5.69 Å². The molecule has 0 bridgehead atoms. The predicted molar refractivity (Wildman–Crippen MR) is 74.5 cm³/mol. The van der Waals surface area contributed by atoms with Crippen LogP contribution in [-0.2, 0) is 0 Å². The zero-order valence-electron chi connectivity index (χ0n) is 9.62. The van der Waals surface area contributed by atoms with Crippen molar-refractivity contribution in [1.82, 2.24) is 4.98 Å². The van der Waals surface area contributed by atoms with Crippen molar-refractivity contribution in [2.45, 2.75) is 0 Å². The van der Waals surface area contributed by atoms with Crippen molar-refractivity contribution in [3.63, 3.8) is 0 Å². The molecule has 94 valence electrons. The lowest BCUT2D eigenvalue weighted by Gasteiger charge is -2.03. The minimum absolute atomic E-state index is 0.0194. The fourth-order valence-electron chi connectivity index (χ4n) is 1.98. The highest BCUT2D eigenvalue weighted by molar-refractivity contribution is 7.17. The summed E-state index contributed by atoms with van der Waals surface area (Å²) in [5, 5.41) is 13.4. The second-order valence-corrected chi connectivity index (χ2v) is 4.93. The number of para-hydroxylation sites is 1. The first-order chi connectivity index (χ1) is 9.16. The summed E-state index contributed by atoms with van der Waals surface area (Å²) in [6, 6.07) is 9.86. The lowest BCUT2D eigenvalue weighted by molar-refractivity contribution is -0.384. The molecule has 0 saturated heterocycles. The molecule has 19 heavy (non-hydrogen) atoms. The molecule has 0 aliphatic carbocycles. The molecule has 0 fully saturated rings. The molecule has 0 spiro atoms. The standard InChI is InChI=1S/C13H8N2O3S/c16-13-9-5-6-19-12(9)7-10(14-13)8-3-1-2-4-11(8)15(17)18/h1-7H,(H,14,16). The fourth-order valence-corrected chi connectivity index (χ4v) is 2.81. The molecule has 0 amide bonds. The van der Waals surface area contributed by atoms with Gasteiger partial charge in [0.1, 0.15) is 0 Å². The first-order valence-corrected chi connectivity index (χ1v) is 6.39. The lowest BCUT2D eigenvalue weighted by atomic mass is 10.1. The van der Waals surface area contributed by atoms with Crippen molar-refractivity contribution in [2.24, 2.45) is 0 Å². The molecular weight excluding hydrogens is 264 g/mol. The number of pyridine rings is 1. The van der Waals surface area contributed by atoms with Crippen molar-refractivity contribution in [3.05, 3.63) is 62.2 Å². The van der Waals surface area contributed by atoms with Crippen LogP contribution in [-0.4, -0.2) is 9.91 Å². The molecule has 1 aromatic carbocycles. The molecule has 0 unspecified atom stereocenters. The van der Waals surface area contributed by atoms with Gasteiger partial charge in [0.15, 0.2) is 0 Å². The Balaban J connectivity index is 2.30. The zero-order chi connectivity index (χ0) is 13.4. The summed E-state index contributed by atoms with van der Waals surface area (Å²) in [7, 11) is 0. The number of thiophene rings is 1. The van der Waals surface area contributed by atoms with Gasteiger partial charge in [-0.15, -0.1) is 11.3 Å². The summed E-state index contributed by atoms with van der Waals surface area (Å²) in [5.41, 5.74) is 0.633. The Morgan fingerprint density at radius 2 is 2.00 bits per heavy atom. The minimum Gasteiger partial charge on any atom is -0.321 e. The maximum atomic E-state index is 11.9. The number of hydrogen-bond donors (Lipinski definition) is 1. The second-order valence-electron chi connectivity index (χ2n) is 3.98. The molecular formula is C13H8N2O3S. The van der Waals surface area contributed by atoms with E-state index in [1.165, 1.54) is 17.4 Å². The van der Waals surface area contributed by atoms with E-state index in [-0.39, 0.29) is 11.2 Å². The van der Waals surface area contributed by atoms with E-state index in [1.54, 1.807) is 30.3 Å². The molecule has 3 rings (SSSR count). The van der Waals surface area contributed by atoms with Crippen molar-refractivity contribution in [1.29, 1.82) is 0 Å². The predicted octanol–water partition coefficient (Wildman–Crippen LogP) is 3.16. The number of hydrogen-bond acceptors (Lipinski definition) is 4. The van der Waals surface area contributed by atoms with Crippen LogP contribution in [0, 0.1) is 10.1 Å². The third-order valence-electron chi connectivity index (χ3n) is 2.85. The van der Waals surface area contributed by atoms with E-state index >= 15 is 0 Å². The zero-order valence-corrected chi connectivity index (χ0v) is 10.4. The highest BCUT2D eigenvalue weighted by atomic mass is 32.1. The number of nitrogens with zero attached hydrogens (tertiary/aromatic N) is 1. The quantitative estimate of drug-likeness (QED) is 0.575. The molecule has 0 aliphatic rings. The van der Waals surface area contributed by atoms with Crippen molar-refractivity contribution in [3.8, 4) is 11.3 Å². The molecule has 1 N–H and O–H groups in total. The van der Waals surface area contributed by atoms with Crippen molar-refractivity contribution >= 4 is 27.1 Å². The SMILES string of the molecule is O=c1[nH]c(-c2ccccc2[N+](=O)[O-])cc2sccc12. The topological polar surface area (TPSA) is 76.0 Å². The number of fused-ring (bicyclic) bond motifs is 1. The van der Waals surface area contributed by atoms with Gasteiger partial charge in [-0.25, -0.2) is 0 Å². The molecule has 0 atom stereocenters. The van der Waals surface area contributed by atoms with E-state index in [0.29, 0.717) is 16.6 Å². The summed E-state index contributed by atoms with van der Waals surface area (Å²) in [6.45, 7) is 0. The van der Waals surface area contributed by atoms with Crippen LogP contribution in [0.25, 0.3) is 21.3 Å². The Kier molecular flexibility index (Phi) is 2.64. The van der Waals surface area contributed by atoms with Gasteiger partial charge in [0.2, 0.25) is 0 Å². The van der Waals surface area contributed by atoms with E-state index < -0.39 is 4.92 Å². The number of H-pyrrole nitrogens is 1. The Labute approximate surface area is 111 Å². The third kappa shape index (κ3) is 1.92. The van der Waals surface area contributed by atoms with Gasteiger partial charge in [0.25, 0.3) is 11.2 Å². The van der Waals surface area contributed by atoms with Crippen LogP contribution in [0.2, 0.25) is 0 Å². The Hall–Kier alpha value is -2.47. The van der Waals surface area contributed by atoms with E-state index in [9.17, 15) is 14.9 Å². The number of benzene rings is 1. The first-order valence-electron chi connectivity index (χ1n) is 5.51. The largest absolute Gasteiger partial charge is 0.321 e. The number of rotatable bonds is 2. The third-order valence-corrected chi connectivity index (χ3v) is 3.72. The van der Waals surface area contributed by atoms with E-state index in [1.807, 2.05) is 5.38 Å². The van der Waals surface area contributed by atoms with Gasteiger partial charge in [-0.3, -0.25) is 14.9 Å². The number of nitrogens with one attached hydrogen (secondary N) is 1. The molecule has 0 saturated carbocycles. The van der Waals surface area contributed by atoms with Gasteiger partial charge in [0, 0.05) is 10.8 Å². The summed E-state index contributed by atoms with van der Waals surface area (Å²) >= 11 is 1.43. The average molecular weight is 272 g/mol. The maximum Gasteiger partial charge on any atom is 0.278 e. The first kappa shape index (κ1) is 11.6. The van der Waals surface area contributed by atoms with Crippen LogP contribution >= 0.6 is 11.3 Å². The Morgan fingerprint density at radius 1 is 1.21 bits per heavy atom. The summed E-state index contributed by atoms with van der Waals surface area (Å²) in [4.78, 5) is 25.1. The number of aromatic nitrogens is 1. The highest BCUT2D eigenvalue weighted by Gasteiger charge is 2.15. The van der Waals surface area contributed by atoms with Crippen LogP contribution in [0.15, 0.2) is 46.6 Å².